The molecule has 0 heterocycles. The number of hydrogen-bond donors (Lipinski definition) is 3. The van der Waals surface area contributed by atoms with Gasteiger partial charge in [0.15, 0.2) is 0 Å². The SMILES string of the molecule is C=C1CC[C@H](OC(=O)NCCOCCOCCO)C/C1=C/C=C1\CCC[C@]2(C)[C@@H]([C@H](C)CCCC(C)(C)O)CC[C@@H]12. The van der Waals surface area contributed by atoms with Gasteiger partial charge in [-0.1, -0.05) is 56.6 Å². The normalized spacial score (nSPS) is 29.5. The summed E-state index contributed by atoms with van der Waals surface area (Å²) in [6.45, 7) is 15.1. The zero-order chi connectivity index (χ0) is 29.9. The van der Waals surface area contributed by atoms with E-state index in [1.54, 1.807) is 5.57 Å². The number of aliphatic hydroxyl groups excluding tert-OH is 1. The molecule has 0 bridgehead atoms. The first kappa shape index (κ1) is 33.8. The Hall–Kier alpha value is -1.67. The lowest BCUT2D eigenvalue weighted by Crippen LogP contribution is -2.36. The van der Waals surface area contributed by atoms with E-state index in [0.29, 0.717) is 56.6 Å². The van der Waals surface area contributed by atoms with Crippen molar-refractivity contribution in [2.75, 3.05) is 39.6 Å². The summed E-state index contributed by atoms with van der Waals surface area (Å²) in [7, 11) is 0. The molecule has 7 heteroatoms. The van der Waals surface area contributed by atoms with Crippen LogP contribution in [0.4, 0.5) is 4.79 Å². The Bertz CT molecular complexity index is 905. The number of ether oxygens (including phenoxy) is 3. The van der Waals surface area contributed by atoms with E-state index in [9.17, 15) is 9.90 Å². The largest absolute Gasteiger partial charge is 0.446 e. The standard InChI is InChI=1S/C34H57NO6/c1-25-10-13-29(41-32(37)35-18-20-39-22-23-40-21-19-36)24-28(25)12-11-27-9-7-17-34(5)30(14-15-31(27)34)26(2)8-6-16-33(3,4)38/h11-12,26,29-31,36,38H,1,6-10,13-24H2,2-5H3,(H,35,37)/b27-11+,28-12-/t26-,29+,30-,31+,34-/m1/s1. The summed E-state index contributed by atoms with van der Waals surface area (Å²) < 4.78 is 16.3. The fraction of sp³-hybridized carbons (Fsp3) is 0.794. The Morgan fingerprint density at radius 3 is 2.63 bits per heavy atom. The highest BCUT2D eigenvalue weighted by atomic mass is 16.6. The van der Waals surface area contributed by atoms with Gasteiger partial charge in [0.05, 0.1) is 38.6 Å². The molecule has 0 spiro atoms. The number of rotatable bonds is 15. The minimum Gasteiger partial charge on any atom is -0.446 e. The molecule has 3 N–H and O–H groups in total. The molecule has 0 aromatic rings. The summed E-state index contributed by atoms with van der Waals surface area (Å²) in [5.41, 5.74) is 3.74. The first-order valence-electron chi connectivity index (χ1n) is 16.0. The van der Waals surface area contributed by atoms with E-state index >= 15 is 0 Å². The number of amides is 1. The number of carbonyl (C=O) groups excluding carboxylic acids is 1. The second kappa shape index (κ2) is 16.3. The van der Waals surface area contributed by atoms with Crippen molar-refractivity contribution in [1.29, 1.82) is 0 Å². The number of carbonyl (C=O) groups is 1. The maximum Gasteiger partial charge on any atom is 0.407 e. The smallest absolute Gasteiger partial charge is 0.407 e. The van der Waals surface area contributed by atoms with Crippen LogP contribution >= 0.6 is 0 Å². The lowest BCUT2D eigenvalue weighted by atomic mass is 9.60. The topological polar surface area (TPSA) is 97.3 Å². The van der Waals surface area contributed by atoms with Crippen LogP contribution in [0.2, 0.25) is 0 Å². The summed E-state index contributed by atoms with van der Waals surface area (Å²) in [6.07, 6.45) is 15.9. The summed E-state index contributed by atoms with van der Waals surface area (Å²) in [5.74, 6) is 2.08. The van der Waals surface area contributed by atoms with Gasteiger partial charge in [-0.15, -0.1) is 0 Å². The minimum absolute atomic E-state index is 0.00216. The average Bonchev–Trinajstić information content (AvgIpc) is 3.27. The van der Waals surface area contributed by atoms with Gasteiger partial charge < -0.3 is 29.7 Å². The number of allylic oxidation sites excluding steroid dienone is 4. The summed E-state index contributed by atoms with van der Waals surface area (Å²) in [6, 6.07) is 0. The second-order valence-corrected chi connectivity index (χ2v) is 13.5. The maximum atomic E-state index is 12.3. The Morgan fingerprint density at radius 2 is 1.90 bits per heavy atom. The molecule has 0 saturated heterocycles. The maximum absolute atomic E-state index is 12.3. The fourth-order valence-corrected chi connectivity index (χ4v) is 7.56. The van der Waals surface area contributed by atoms with E-state index < -0.39 is 11.7 Å². The van der Waals surface area contributed by atoms with Crippen molar-refractivity contribution >= 4 is 6.09 Å². The molecule has 3 saturated carbocycles. The molecule has 5 atom stereocenters. The lowest BCUT2D eigenvalue weighted by Gasteiger charge is -2.44. The van der Waals surface area contributed by atoms with E-state index in [2.05, 4.69) is 37.9 Å². The van der Waals surface area contributed by atoms with Crippen molar-refractivity contribution in [3.8, 4) is 0 Å². The van der Waals surface area contributed by atoms with Crippen LogP contribution in [0.25, 0.3) is 0 Å². The minimum atomic E-state index is -0.570. The van der Waals surface area contributed by atoms with Crippen LogP contribution in [0.1, 0.15) is 98.3 Å². The van der Waals surface area contributed by atoms with E-state index in [1.807, 2.05) is 13.8 Å². The van der Waals surface area contributed by atoms with Gasteiger partial charge in [-0.25, -0.2) is 4.79 Å². The van der Waals surface area contributed by atoms with Crippen molar-refractivity contribution < 1.29 is 29.2 Å². The number of hydrogen-bond acceptors (Lipinski definition) is 6. The summed E-state index contributed by atoms with van der Waals surface area (Å²) in [5, 5.41) is 21.6. The van der Waals surface area contributed by atoms with Gasteiger partial charge in [0.25, 0.3) is 0 Å². The van der Waals surface area contributed by atoms with Crippen LogP contribution in [-0.4, -0.2) is 67.6 Å². The molecule has 7 nitrogen and oxygen atoms in total. The third-order valence-electron chi connectivity index (χ3n) is 9.74. The van der Waals surface area contributed by atoms with Gasteiger partial charge in [0, 0.05) is 13.0 Å². The Balaban J connectivity index is 1.50. The molecule has 41 heavy (non-hydrogen) atoms. The molecule has 0 aromatic carbocycles. The third-order valence-corrected chi connectivity index (χ3v) is 9.74. The highest BCUT2D eigenvalue weighted by molar-refractivity contribution is 5.67. The van der Waals surface area contributed by atoms with Crippen LogP contribution in [0.5, 0.6) is 0 Å². The van der Waals surface area contributed by atoms with Crippen LogP contribution < -0.4 is 5.32 Å². The van der Waals surface area contributed by atoms with Crippen molar-refractivity contribution in [1.82, 2.24) is 5.32 Å². The molecule has 1 amide bonds. The molecule has 234 valence electrons. The molecule has 3 fully saturated rings. The van der Waals surface area contributed by atoms with Gasteiger partial charge >= 0.3 is 6.09 Å². The van der Waals surface area contributed by atoms with Gasteiger partial charge in [0.1, 0.15) is 6.10 Å². The van der Waals surface area contributed by atoms with Crippen molar-refractivity contribution in [2.24, 2.45) is 23.2 Å². The van der Waals surface area contributed by atoms with Gasteiger partial charge in [-0.3, -0.25) is 0 Å². The zero-order valence-electron chi connectivity index (χ0n) is 26.2. The molecule has 3 rings (SSSR count). The highest BCUT2D eigenvalue weighted by Crippen LogP contribution is 2.60. The third kappa shape index (κ3) is 10.5. The van der Waals surface area contributed by atoms with Crippen LogP contribution in [0.15, 0.2) is 35.5 Å². The zero-order valence-corrected chi connectivity index (χ0v) is 26.2. The highest BCUT2D eigenvalue weighted by Gasteiger charge is 2.50. The molecule has 3 aliphatic rings. The van der Waals surface area contributed by atoms with Crippen LogP contribution in [0, 0.1) is 23.2 Å². The molecular formula is C34H57NO6. The van der Waals surface area contributed by atoms with E-state index in [1.165, 1.54) is 44.1 Å². The van der Waals surface area contributed by atoms with E-state index in [4.69, 9.17) is 19.3 Å². The van der Waals surface area contributed by atoms with Crippen LogP contribution in [-0.2, 0) is 14.2 Å². The first-order valence-corrected chi connectivity index (χ1v) is 16.0. The van der Waals surface area contributed by atoms with Crippen molar-refractivity contribution in [3.63, 3.8) is 0 Å². The quantitative estimate of drug-likeness (QED) is 0.193. The lowest BCUT2D eigenvalue weighted by molar-refractivity contribution is 0.0329. The molecule has 0 unspecified atom stereocenters. The fourth-order valence-electron chi connectivity index (χ4n) is 7.56. The van der Waals surface area contributed by atoms with Gasteiger partial charge in [-0.2, -0.15) is 0 Å². The predicted molar refractivity (Wildman–Crippen MR) is 164 cm³/mol. The predicted octanol–water partition coefficient (Wildman–Crippen LogP) is 6.49. The first-order chi connectivity index (χ1) is 19.5. The molecule has 0 aliphatic heterocycles. The van der Waals surface area contributed by atoms with Crippen molar-refractivity contribution in [2.45, 2.75) is 110 Å². The summed E-state index contributed by atoms with van der Waals surface area (Å²) in [4.78, 5) is 12.3. The molecular weight excluding hydrogens is 518 g/mol. The molecule has 0 radical (unpaired) electrons. The van der Waals surface area contributed by atoms with Gasteiger partial charge in [-0.05, 0) is 94.0 Å². The number of alkyl carbamates (subject to hydrolysis) is 1. The van der Waals surface area contributed by atoms with Gasteiger partial charge in [0.2, 0.25) is 0 Å². The average molecular weight is 576 g/mol. The Morgan fingerprint density at radius 1 is 1.15 bits per heavy atom. The second-order valence-electron chi connectivity index (χ2n) is 13.5. The summed E-state index contributed by atoms with van der Waals surface area (Å²) >= 11 is 0. The number of fused-ring (bicyclic) bond motifs is 1. The van der Waals surface area contributed by atoms with E-state index in [-0.39, 0.29) is 12.7 Å². The molecule has 0 aromatic heterocycles. The Kier molecular flexibility index (Phi) is 13.4. The number of aliphatic hydroxyl groups is 2. The Labute approximate surface area is 248 Å². The monoisotopic (exact) mass is 575 g/mol. The van der Waals surface area contributed by atoms with Crippen molar-refractivity contribution in [3.05, 3.63) is 35.5 Å². The van der Waals surface area contributed by atoms with E-state index in [0.717, 1.165) is 37.2 Å². The number of nitrogens with one attached hydrogen (secondary N) is 1. The molecule has 3 aliphatic carbocycles. The van der Waals surface area contributed by atoms with Crippen LogP contribution in [0.3, 0.4) is 0 Å².